The van der Waals surface area contributed by atoms with Gasteiger partial charge in [0, 0.05) is 43.1 Å². The fraction of sp³-hybridized carbons (Fsp3) is 0.364. The van der Waals surface area contributed by atoms with Crippen molar-refractivity contribution in [3.8, 4) is 5.75 Å². The second-order valence-electron chi connectivity index (χ2n) is 7.45. The fourth-order valence-corrected chi connectivity index (χ4v) is 3.77. The molecule has 4 rings (SSSR count). The van der Waals surface area contributed by atoms with Gasteiger partial charge in [-0.1, -0.05) is 0 Å². The molecule has 176 valence electrons. The Morgan fingerprint density at radius 2 is 2.00 bits per heavy atom. The van der Waals surface area contributed by atoms with E-state index in [1.165, 1.54) is 13.2 Å². The number of ether oxygens (including phenoxy) is 2. The van der Waals surface area contributed by atoms with E-state index in [0.29, 0.717) is 61.4 Å². The van der Waals surface area contributed by atoms with Crippen LogP contribution < -0.4 is 15.4 Å². The fourth-order valence-electron chi connectivity index (χ4n) is 3.77. The van der Waals surface area contributed by atoms with Gasteiger partial charge in [0.15, 0.2) is 0 Å². The summed E-state index contributed by atoms with van der Waals surface area (Å²) in [6, 6.07) is 6.49. The summed E-state index contributed by atoms with van der Waals surface area (Å²) < 4.78 is 51.0. The zero-order valence-corrected chi connectivity index (χ0v) is 18.2. The molecule has 0 radical (unpaired) electrons. The van der Waals surface area contributed by atoms with Gasteiger partial charge in [0.05, 0.1) is 37.0 Å². The number of rotatable bonds is 6. The Balaban J connectivity index is 1.65. The standard InChI is InChI=1S/C22H24F3N5O3/c1-3-26-16-11-18(29-20-19(16)14(12-27-20)22(23,24)25)28-15-5-4-13(10-17(15)32-2)21(31)30-6-8-33-9-7-30/h4-5,10-12H,3,6-9H2,1-2H3,(H3,26,27,28,29). The molecule has 1 amide bonds. The van der Waals surface area contributed by atoms with E-state index in [9.17, 15) is 18.0 Å². The van der Waals surface area contributed by atoms with Crippen molar-refractivity contribution in [3.05, 3.63) is 41.6 Å². The Morgan fingerprint density at radius 1 is 1.24 bits per heavy atom. The maximum absolute atomic E-state index is 13.4. The number of amides is 1. The lowest BCUT2D eigenvalue weighted by Crippen LogP contribution is -2.40. The molecular formula is C22H24F3N5O3. The monoisotopic (exact) mass is 463 g/mol. The van der Waals surface area contributed by atoms with Crippen LogP contribution in [0, 0.1) is 0 Å². The van der Waals surface area contributed by atoms with Crippen molar-refractivity contribution >= 4 is 34.1 Å². The Hall–Kier alpha value is -3.47. The summed E-state index contributed by atoms with van der Waals surface area (Å²) in [5, 5.41) is 6.04. The average molecular weight is 463 g/mol. The van der Waals surface area contributed by atoms with Gasteiger partial charge in [0.25, 0.3) is 5.91 Å². The Kier molecular flexibility index (Phi) is 6.32. The third kappa shape index (κ3) is 4.68. The summed E-state index contributed by atoms with van der Waals surface area (Å²) in [7, 11) is 1.48. The van der Waals surface area contributed by atoms with Crippen LogP contribution in [0.4, 0.5) is 30.4 Å². The Bertz CT molecular complexity index is 1160. The van der Waals surface area contributed by atoms with Gasteiger partial charge in [-0.15, -0.1) is 0 Å². The van der Waals surface area contributed by atoms with E-state index >= 15 is 0 Å². The van der Waals surface area contributed by atoms with Gasteiger partial charge in [0.2, 0.25) is 0 Å². The topological polar surface area (TPSA) is 91.5 Å². The molecule has 33 heavy (non-hydrogen) atoms. The number of morpholine rings is 1. The van der Waals surface area contributed by atoms with Crippen molar-refractivity contribution in [2.24, 2.45) is 0 Å². The van der Waals surface area contributed by atoms with Crippen LogP contribution in [-0.4, -0.2) is 60.7 Å². The van der Waals surface area contributed by atoms with Crippen molar-refractivity contribution in [1.29, 1.82) is 0 Å². The summed E-state index contributed by atoms with van der Waals surface area (Å²) in [4.78, 5) is 21.4. The second-order valence-corrected chi connectivity index (χ2v) is 7.45. The number of carbonyl (C=O) groups is 1. The molecule has 1 fully saturated rings. The van der Waals surface area contributed by atoms with Crippen molar-refractivity contribution in [2.75, 3.05) is 50.6 Å². The number of fused-ring (bicyclic) bond motifs is 1. The lowest BCUT2D eigenvalue weighted by molar-refractivity contribution is -0.136. The number of halogens is 3. The van der Waals surface area contributed by atoms with Crippen LogP contribution in [0.2, 0.25) is 0 Å². The molecule has 1 aliphatic rings. The molecule has 8 nitrogen and oxygen atoms in total. The molecular weight excluding hydrogens is 439 g/mol. The SMILES string of the molecule is CCNc1cc(Nc2ccc(C(=O)N3CCOCC3)cc2OC)nc2[nH]cc(C(F)(F)F)c12. The number of anilines is 3. The van der Waals surface area contributed by atoms with Gasteiger partial charge in [-0.25, -0.2) is 4.98 Å². The molecule has 1 aliphatic heterocycles. The van der Waals surface area contributed by atoms with Crippen LogP contribution >= 0.6 is 0 Å². The first-order chi connectivity index (χ1) is 15.8. The van der Waals surface area contributed by atoms with Gasteiger partial charge < -0.3 is 30.0 Å². The zero-order chi connectivity index (χ0) is 23.6. The highest BCUT2D eigenvalue weighted by Crippen LogP contribution is 2.39. The number of carbonyl (C=O) groups excluding carboxylic acids is 1. The number of nitrogens with zero attached hydrogens (tertiary/aromatic N) is 2. The minimum absolute atomic E-state index is 0.0201. The number of hydrogen-bond acceptors (Lipinski definition) is 6. The molecule has 0 atom stereocenters. The third-order valence-electron chi connectivity index (χ3n) is 5.32. The maximum atomic E-state index is 13.4. The zero-order valence-electron chi connectivity index (χ0n) is 18.2. The molecule has 0 spiro atoms. The van der Waals surface area contributed by atoms with Gasteiger partial charge in [-0.05, 0) is 25.1 Å². The maximum Gasteiger partial charge on any atom is 0.418 e. The largest absolute Gasteiger partial charge is 0.495 e. The first kappa shape index (κ1) is 22.7. The van der Waals surface area contributed by atoms with E-state index in [1.54, 1.807) is 30.0 Å². The molecule has 3 aromatic rings. The van der Waals surface area contributed by atoms with E-state index in [4.69, 9.17) is 9.47 Å². The highest BCUT2D eigenvalue weighted by molar-refractivity contribution is 5.96. The number of hydrogen-bond donors (Lipinski definition) is 3. The molecule has 1 saturated heterocycles. The lowest BCUT2D eigenvalue weighted by atomic mass is 10.1. The predicted octanol–water partition coefficient (Wildman–Crippen LogP) is 4.24. The normalized spacial score (nSPS) is 14.4. The van der Waals surface area contributed by atoms with Gasteiger partial charge in [-0.2, -0.15) is 13.2 Å². The van der Waals surface area contributed by atoms with Crippen LogP contribution in [0.25, 0.3) is 11.0 Å². The number of alkyl halides is 3. The van der Waals surface area contributed by atoms with E-state index in [-0.39, 0.29) is 16.9 Å². The van der Waals surface area contributed by atoms with Crippen LogP contribution in [0.1, 0.15) is 22.8 Å². The minimum Gasteiger partial charge on any atom is -0.495 e. The van der Waals surface area contributed by atoms with Crippen LogP contribution in [0.5, 0.6) is 5.75 Å². The summed E-state index contributed by atoms with van der Waals surface area (Å²) in [5.41, 5.74) is 0.609. The summed E-state index contributed by atoms with van der Waals surface area (Å²) >= 11 is 0. The molecule has 3 N–H and O–H groups in total. The molecule has 1 aromatic carbocycles. The highest BCUT2D eigenvalue weighted by Gasteiger charge is 2.35. The van der Waals surface area contributed by atoms with Crippen LogP contribution in [0.3, 0.4) is 0 Å². The second kappa shape index (κ2) is 9.18. The lowest BCUT2D eigenvalue weighted by Gasteiger charge is -2.27. The number of nitrogens with one attached hydrogen (secondary N) is 3. The predicted molar refractivity (Wildman–Crippen MR) is 118 cm³/mol. The van der Waals surface area contributed by atoms with E-state index in [2.05, 4.69) is 20.6 Å². The van der Waals surface area contributed by atoms with Crippen molar-refractivity contribution in [2.45, 2.75) is 13.1 Å². The molecule has 0 unspecified atom stereocenters. The van der Waals surface area contributed by atoms with E-state index in [1.807, 2.05) is 0 Å². The summed E-state index contributed by atoms with van der Waals surface area (Å²) in [5.74, 6) is 0.603. The van der Waals surface area contributed by atoms with Gasteiger partial charge in [-0.3, -0.25) is 4.79 Å². The van der Waals surface area contributed by atoms with E-state index in [0.717, 1.165) is 6.20 Å². The van der Waals surface area contributed by atoms with E-state index < -0.39 is 11.7 Å². The number of methoxy groups -OCH3 is 1. The third-order valence-corrected chi connectivity index (χ3v) is 5.32. The van der Waals surface area contributed by atoms with Crippen molar-refractivity contribution in [3.63, 3.8) is 0 Å². The number of aromatic nitrogens is 2. The Morgan fingerprint density at radius 3 is 2.67 bits per heavy atom. The Labute approximate surface area is 188 Å². The number of aromatic amines is 1. The van der Waals surface area contributed by atoms with Gasteiger partial charge in [0.1, 0.15) is 17.2 Å². The summed E-state index contributed by atoms with van der Waals surface area (Å²) in [6.45, 7) is 4.27. The quantitative estimate of drug-likeness (QED) is 0.507. The average Bonchev–Trinajstić information content (AvgIpc) is 3.24. The van der Waals surface area contributed by atoms with Crippen molar-refractivity contribution < 1.29 is 27.4 Å². The van der Waals surface area contributed by atoms with Gasteiger partial charge >= 0.3 is 6.18 Å². The van der Waals surface area contributed by atoms with Crippen molar-refractivity contribution in [1.82, 2.24) is 14.9 Å². The molecule has 11 heteroatoms. The minimum atomic E-state index is -4.51. The molecule has 0 bridgehead atoms. The number of pyridine rings is 1. The van der Waals surface area contributed by atoms with Crippen LogP contribution in [0.15, 0.2) is 30.5 Å². The molecule has 0 saturated carbocycles. The number of benzene rings is 1. The number of H-pyrrole nitrogens is 1. The summed E-state index contributed by atoms with van der Waals surface area (Å²) in [6.07, 6.45) is -3.60. The molecule has 2 aromatic heterocycles. The highest BCUT2D eigenvalue weighted by atomic mass is 19.4. The first-order valence-electron chi connectivity index (χ1n) is 10.5. The molecule has 0 aliphatic carbocycles. The smallest absolute Gasteiger partial charge is 0.418 e. The molecule has 3 heterocycles. The first-order valence-corrected chi connectivity index (χ1v) is 10.5. The van der Waals surface area contributed by atoms with Crippen LogP contribution in [-0.2, 0) is 10.9 Å².